The first-order valence-electron chi connectivity index (χ1n) is 8.62. The number of hydrogen-bond donors (Lipinski definition) is 2. The van der Waals surface area contributed by atoms with E-state index < -0.39 is 5.91 Å². The van der Waals surface area contributed by atoms with Crippen molar-refractivity contribution in [1.82, 2.24) is 10.3 Å². The maximum Gasteiger partial charge on any atom is 0.290 e. The van der Waals surface area contributed by atoms with Crippen LogP contribution in [0, 0.1) is 6.92 Å². The average molecular weight is 425 g/mol. The lowest BCUT2D eigenvalue weighted by atomic mass is 10.2. The van der Waals surface area contributed by atoms with Crippen molar-refractivity contribution in [2.24, 2.45) is 0 Å². The van der Waals surface area contributed by atoms with Crippen LogP contribution in [-0.2, 0) is 9.59 Å². The van der Waals surface area contributed by atoms with Gasteiger partial charge in [-0.1, -0.05) is 35.6 Å². The van der Waals surface area contributed by atoms with Gasteiger partial charge in [0.05, 0.1) is 15.1 Å². The van der Waals surface area contributed by atoms with Crippen LogP contribution in [0.5, 0.6) is 5.75 Å². The number of thiazole rings is 1. The van der Waals surface area contributed by atoms with Gasteiger partial charge >= 0.3 is 0 Å². The number of nitrogens with zero attached hydrogens (tertiary/aromatic N) is 1. The SMILES string of the molecule is Cc1cccc2sc(NC(=O)COc3ccc(/C=C4\SC(=O)NC4=O)cc3)nc12. The number of carbonyl (C=O) groups excluding carboxylic acids is 3. The van der Waals surface area contributed by atoms with E-state index in [0.717, 1.165) is 33.1 Å². The van der Waals surface area contributed by atoms with Gasteiger partial charge in [0, 0.05) is 0 Å². The number of imide groups is 1. The van der Waals surface area contributed by atoms with Crippen molar-refractivity contribution in [2.75, 3.05) is 11.9 Å². The molecule has 9 heteroatoms. The Morgan fingerprint density at radius 2 is 2.00 bits per heavy atom. The standard InChI is InChI=1S/C20H15N3O4S2/c1-11-3-2-4-14-17(11)22-19(28-14)21-16(24)10-27-13-7-5-12(6-8-13)9-15-18(25)23-20(26)29-15/h2-9H,10H2,1H3,(H,21,22,24)(H,23,25,26)/b15-9-. The second-order valence-corrected chi connectivity index (χ2v) is 8.24. The van der Waals surface area contributed by atoms with Gasteiger partial charge in [0.2, 0.25) is 0 Å². The summed E-state index contributed by atoms with van der Waals surface area (Å²) in [6.07, 6.45) is 1.62. The van der Waals surface area contributed by atoms with Crippen molar-refractivity contribution < 1.29 is 19.1 Å². The number of aryl methyl sites for hydroxylation is 1. The summed E-state index contributed by atoms with van der Waals surface area (Å²) in [5.74, 6) is -0.186. The molecule has 2 heterocycles. The molecule has 1 aromatic heterocycles. The molecule has 3 aromatic rings. The maximum atomic E-state index is 12.2. The van der Waals surface area contributed by atoms with E-state index in [1.54, 1.807) is 30.3 Å². The Kier molecular flexibility index (Phi) is 5.32. The average Bonchev–Trinajstić information content (AvgIpc) is 3.24. The second-order valence-electron chi connectivity index (χ2n) is 6.20. The van der Waals surface area contributed by atoms with E-state index in [1.165, 1.54) is 11.3 Å². The Labute approximate surface area is 174 Å². The van der Waals surface area contributed by atoms with Crippen LogP contribution in [0.4, 0.5) is 9.93 Å². The number of nitrogens with one attached hydrogen (secondary N) is 2. The highest BCUT2D eigenvalue weighted by molar-refractivity contribution is 8.18. The van der Waals surface area contributed by atoms with Crippen LogP contribution in [0.1, 0.15) is 11.1 Å². The molecule has 4 rings (SSSR count). The number of aromatic nitrogens is 1. The van der Waals surface area contributed by atoms with Gasteiger partial charge in [0.15, 0.2) is 11.7 Å². The predicted octanol–water partition coefficient (Wildman–Crippen LogP) is 3.95. The minimum atomic E-state index is -0.401. The molecule has 0 spiro atoms. The zero-order valence-corrected chi connectivity index (χ0v) is 16.9. The third-order valence-corrected chi connectivity index (χ3v) is 5.80. The van der Waals surface area contributed by atoms with Crippen LogP contribution in [0.25, 0.3) is 16.3 Å². The van der Waals surface area contributed by atoms with Gasteiger partial charge in [0.1, 0.15) is 5.75 Å². The molecule has 2 aromatic carbocycles. The van der Waals surface area contributed by atoms with Gasteiger partial charge in [-0.25, -0.2) is 4.98 Å². The third-order valence-electron chi connectivity index (χ3n) is 4.06. The highest BCUT2D eigenvalue weighted by atomic mass is 32.2. The van der Waals surface area contributed by atoms with Crippen LogP contribution >= 0.6 is 23.1 Å². The van der Waals surface area contributed by atoms with E-state index in [1.807, 2.05) is 25.1 Å². The second kappa shape index (κ2) is 8.06. The highest BCUT2D eigenvalue weighted by Gasteiger charge is 2.24. The Morgan fingerprint density at radius 1 is 1.21 bits per heavy atom. The van der Waals surface area contributed by atoms with Crippen molar-refractivity contribution in [3.63, 3.8) is 0 Å². The van der Waals surface area contributed by atoms with Gasteiger partial charge in [-0.15, -0.1) is 0 Å². The molecule has 1 saturated heterocycles. The summed E-state index contributed by atoms with van der Waals surface area (Å²) >= 11 is 2.28. The monoisotopic (exact) mass is 425 g/mol. The van der Waals surface area contributed by atoms with Crippen molar-refractivity contribution in [1.29, 1.82) is 0 Å². The first-order valence-corrected chi connectivity index (χ1v) is 10.2. The smallest absolute Gasteiger partial charge is 0.290 e. The van der Waals surface area contributed by atoms with E-state index in [2.05, 4.69) is 15.6 Å². The molecule has 1 aliphatic rings. The fourth-order valence-corrected chi connectivity index (χ4v) is 4.32. The molecule has 1 aliphatic heterocycles. The number of para-hydroxylation sites is 1. The number of hydrogen-bond acceptors (Lipinski definition) is 7. The number of amides is 3. The number of anilines is 1. The number of fused-ring (bicyclic) bond motifs is 1. The zero-order chi connectivity index (χ0) is 20.4. The van der Waals surface area contributed by atoms with E-state index in [0.29, 0.717) is 15.8 Å². The summed E-state index contributed by atoms with van der Waals surface area (Å²) in [6.45, 7) is 1.83. The number of ether oxygens (including phenoxy) is 1. The summed E-state index contributed by atoms with van der Waals surface area (Å²) < 4.78 is 6.52. The van der Waals surface area contributed by atoms with Crippen molar-refractivity contribution in [2.45, 2.75) is 6.92 Å². The van der Waals surface area contributed by atoms with Gasteiger partial charge in [-0.2, -0.15) is 0 Å². The Hall–Kier alpha value is -3.17. The minimum Gasteiger partial charge on any atom is -0.484 e. The summed E-state index contributed by atoms with van der Waals surface area (Å²) in [6, 6.07) is 12.8. The third kappa shape index (κ3) is 4.47. The number of benzene rings is 2. The topological polar surface area (TPSA) is 97.4 Å². The summed E-state index contributed by atoms with van der Waals surface area (Å²) in [7, 11) is 0. The van der Waals surface area contributed by atoms with E-state index in [-0.39, 0.29) is 17.8 Å². The first kappa shape index (κ1) is 19.2. The number of thioether (sulfide) groups is 1. The molecule has 0 aliphatic carbocycles. The van der Waals surface area contributed by atoms with Crippen molar-refractivity contribution >= 4 is 61.6 Å². The van der Waals surface area contributed by atoms with Crippen LogP contribution in [0.15, 0.2) is 47.4 Å². The molecule has 29 heavy (non-hydrogen) atoms. The van der Waals surface area contributed by atoms with E-state index in [4.69, 9.17) is 4.74 Å². The molecular formula is C20H15N3O4S2. The summed E-state index contributed by atoms with van der Waals surface area (Å²) in [5.41, 5.74) is 2.69. The predicted molar refractivity (Wildman–Crippen MR) is 114 cm³/mol. The van der Waals surface area contributed by atoms with Crippen LogP contribution in [0.2, 0.25) is 0 Å². The van der Waals surface area contributed by atoms with E-state index >= 15 is 0 Å². The number of carbonyl (C=O) groups is 3. The largest absolute Gasteiger partial charge is 0.484 e. The van der Waals surface area contributed by atoms with Gasteiger partial charge < -0.3 is 4.74 Å². The van der Waals surface area contributed by atoms with E-state index in [9.17, 15) is 14.4 Å². The fourth-order valence-electron chi connectivity index (χ4n) is 2.68. The molecule has 0 saturated carbocycles. The molecule has 146 valence electrons. The molecule has 2 N–H and O–H groups in total. The minimum absolute atomic E-state index is 0.151. The molecule has 7 nitrogen and oxygen atoms in total. The first-order chi connectivity index (χ1) is 14.0. The van der Waals surface area contributed by atoms with Crippen LogP contribution in [0.3, 0.4) is 0 Å². The summed E-state index contributed by atoms with van der Waals surface area (Å²) in [5, 5.41) is 5.11. The molecule has 3 amide bonds. The zero-order valence-electron chi connectivity index (χ0n) is 15.2. The van der Waals surface area contributed by atoms with Gasteiger partial charge in [0.25, 0.3) is 17.1 Å². The van der Waals surface area contributed by atoms with Crippen molar-refractivity contribution in [3.8, 4) is 5.75 Å². The van der Waals surface area contributed by atoms with Gasteiger partial charge in [-0.05, 0) is 54.1 Å². The van der Waals surface area contributed by atoms with Crippen LogP contribution < -0.4 is 15.4 Å². The molecule has 0 bridgehead atoms. The molecule has 0 unspecified atom stereocenters. The lowest BCUT2D eigenvalue weighted by Crippen LogP contribution is -2.20. The van der Waals surface area contributed by atoms with Crippen LogP contribution in [-0.4, -0.2) is 28.6 Å². The Balaban J connectivity index is 1.34. The van der Waals surface area contributed by atoms with Crippen molar-refractivity contribution in [3.05, 3.63) is 58.5 Å². The van der Waals surface area contributed by atoms with Gasteiger partial charge in [-0.3, -0.25) is 25.0 Å². The quantitative estimate of drug-likeness (QED) is 0.601. The highest BCUT2D eigenvalue weighted by Crippen LogP contribution is 2.28. The summed E-state index contributed by atoms with van der Waals surface area (Å²) in [4.78, 5) is 39.7. The Morgan fingerprint density at radius 3 is 2.69 bits per heavy atom. The molecule has 0 radical (unpaired) electrons. The normalized spacial score (nSPS) is 15.0. The Bertz CT molecular complexity index is 1150. The molecular weight excluding hydrogens is 410 g/mol. The lowest BCUT2D eigenvalue weighted by Gasteiger charge is -2.06. The molecule has 0 atom stereocenters. The fraction of sp³-hybridized carbons (Fsp3) is 0.100. The molecule has 1 fully saturated rings. The number of rotatable bonds is 5. The maximum absolute atomic E-state index is 12.2. The lowest BCUT2D eigenvalue weighted by molar-refractivity contribution is -0.118.